The Balaban J connectivity index is 1.64. The highest BCUT2D eigenvalue weighted by Crippen LogP contribution is 2.31. The lowest BCUT2D eigenvalue weighted by Gasteiger charge is -2.33. The predicted molar refractivity (Wildman–Crippen MR) is 87.6 cm³/mol. The van der Waals surface area contributed by atoms with E-state index in [0.717, 1.165) is 18.9 Å². The van der Waals surface area contributed by atoms with Crippen LogP contribution in [0.15, 0.2) is 36.7 Å². The van der Waals surface area contributed by atoms with E-state index in [9.17, 15) is 18.4 Å². The minimum absolute atomic E-state index is 0.198. The van der Waals surface area contributed by atoms with Gasteiger partial charge in [0, 0.05) is 25.5 Å². The summed E-state index contributed by atoms with van der Waals surface area (Å²) in [6, 6.07) is 8.45. The van der Waals surface area contributed by atoms with Crippen molar-refractivity contribution in [1.29, 1.82) is 5.26 Å². The van der Waals surface area contributed by atoms with Crippen LogP contribution in [0, 0.1) is 11.3 Å². The van der Waals surface area contributed by atoms with Crippen LogP contribution in [0.25, 0.3) is 5.65 Å². The van der Waals surface area contributed by atoms with Crippen molar-refractivity contribution in [3.05, 3.63) is 48.0 Å². The molecule has 0 N–H and O–H groups in total. The Morgan fingerprint density at radius 3 is 2.77 bits per heavy atom. The Kier molecular flexibility index (Phi) is 3.83. The number of alkyl halides is 3. The van der Waals surface area contributed by atoms with Crippen LogP contribution < -0.4 is 4.90 Å². The van der Waals surface area contributed by atoms with Crippen molar-refractivity contribution in [2.45, 2.75) is 25.1 Å². The van der Waals surface area contributed by atoms with Crippen molar-refractivity contribution < 1.29 is 13.2 Å². The topological polar surface area (TPSA) is 62.2 Å². The second-order valence-electron chi connectivity index (χ2n) is 6.25. The highest BCUT2D eigenvalue weighted by molar-refractivity contribution is 5.60. The number of fused-ring (bicyclic) bond motifs is 1. The number of nitriles is 1. The third-order valence-electron chi connectivity index (χ3n) is 4.59. The maximum atomic E-state index is 12.8. The third kappa shape index (κ3) is 2.77. The monoisotopic (exact) mass is 360 g/mol. The zero-order chi connectivity index (χ0) is 18.3. The molecular weight excluding hydrogens is 345 g/mol. The van der Waals surface area contributed by atoms with E-state index in [1.54, 1.807) is 10.6 Å². The van der Waals surface area contributed by atoms with Crippen LogP contribution in [0.1, 0.15) is 30.3 Å². The first-order valence-corrected chi connectivity index (χ1v) is 8.22. The second kappa shape index (κ2) is 6.05. The van der Waals surface area contributed by atoms with E-state index in [0.29, 0.717) is 30.2 Å². The van der Waals surface area contributed by atoms with Crippen LogP contribution in [-0.2, 0) is 6.18 Å². The summed E-state index contributed by atoms with van der Waals surface area (Å²) in [4.78, 5) is 6.49. The molecule has 0 radical (unpaired) electrons. The molecule has 1 saturated heterocycles. The van der Waals surface area contributed by atoms with Crippen LogP contribution in [-0.4, -0.2) is 32.3 Å². The number of piperidine rings is 1. The van der Waals surface area contributed by atoms with Gasteiger partial charge in [-0.2, -0.15) is 23.5 Å². The average molecular weight is 360 g/mol. The van der Waals surface area contributed by atoms with Crippen molar-refractivity contribution in [2.24, 2.45) is 0 Å². The molecule has 6 nitrogen and oxygen atoms in total. The minimum Gasteiger partial charge on any atom is -0.352 e. The minimum atomic E-state index is -4.45. The number of imidazole rings is 1. The van der Waals surface area contributed by atoms with Gasteiger partial charge in [-0.1, -0.05) is 6.07 Å². The predicted octanol–water partition coefficient (Wildman–Crippen LogP) is 3.26. The molecule has 9 heteroatoms. The average Bonchev–Trinajstić information content (AvgIpc) is 3.26. The molecule has 1 aliphatic heterocycles. The second-order valence-corrected chi connectivity index (χ2v) is 6.25. The molecule has 4 rings (SSSR count). The van der Waals surface area contributed by atoms with Gasteiger partial charge in [0.05, 0.1) is 6.04 Å². The fraction of sp³-hybridized carbons (Fsp3) is 0.353. The van der Waals surface area contributed by atoms with Crippen molar-refractivity contribution in [3.63, 3.8) is 0 Å². The highest BCUT2D eigenvalue weighted by atomic mass is 19.4. The first-order chi connectivity index (χ1) is 12.5. The van der Waals surface area contributed by atoms with Gasteiger partial charge in [0.15, 0.2) is 17.2 Å². The quantitative estimate of drug-likeness (QED) is 0.704. The zero-order valence-electron chi connectivity index (χ0n) is 13.7. The lowest BCUT2D eigenvalue weighted by Crippen LogP contribution is -2.37. The van der Waals surface area contributed by atoms with E-state index in [2.05, 4.69) is 16.2 Å². The summed E-state index contributed by atoms with van der Waals surface area (Å²) in [6.07, 6.45) is 0.200. The van der Waals surface area contributed by atoms with Gasteiger partial charge < -0.3 is 4.90 Å². The molecule has 0 saturated carbocycles. The third-order valence-corrected chi connectivity index (χ3v) is 4.59. The maximum absolute atomic E-state index is 12.8. The Morgan fingerprint density at radius 1 is 1.19 bits per heavy atom. The van der Waals surface area contributed by atoms with Gasteiger partial charge in [-0.25, -0.2) is 4.98 Å². The molecule has 134 valence electrons. The van der Waals surface area contributed by atoms with Crippen LogP contribution in [0.4, 0.5) is 19.0 Å². The van der Waals surface area contributed by atoms with E-state index in [1.807, 2.05) is 23.1 Å². The summed E-state index contributed by atoms with van der Waals surface area (Å²) in [5.41, 5.74) is 0.206. The summed E-state index contributed by atoms with van der Waals surface area (Å²) >= 11 is 0. The molecule has 3 aromatic heterocycles. The SMILES string of the molecule is N#Cc1c(N2CCCC(n3ccc(C(F)(F)F)n3)C2)nc2ccccn12. The van der Waals surface area contributed by atoms with Gasteiger partial charge in [0.1, 0.15) is 11.7 Å². The van der Waals surface area contributed by atoms with Crippen molar-refractivity contribution in [1.82, 2.24) is 19.2 Å². The van der Waals surface area contributed by atoms with E-state index in [1.165, 1.54) is 10.9 Å². The van der Waals surface area contributed by atoms with Gasteiger partial charge in [-0.05, 0) is 31.0 Å². The number of pyridine rings is 1. The molecular formula is C17H15F3N6. The number of aromatic nitrogens is 4. The van der Waals surface area contributed by atoms with E-state index in [4.69, 9.17) is 0 Å². The molecule has 0 spiro atoms. The van der Waals surface area contributed by atoms with Crippen LogP contribution >= 0.6 is 0 Å². The maximum Gasteiger partial charge on any atom is 0.435 e. The number of anilines is 1. The zero-order valence-corrected chi connectivity index (χ0v) is 13.7. The number of hydrogen-bond donors (Lipinski definition) is 0. The van der Waals surface area contributed by atoms with Crippen LogP contribution in [0.2, 0.25) is 0 Å². The van der Waals surface area contributed by atoms with E-state index in [-0.39, 0.29) is 6.04 Å². The fourth-order valence-corrected chi connectivity index (χ4v) is 3.36. The first kappa shape index (κ1) is 16.4. The molecule has 1 aliphatic rings. The standard InChI is InChI=1S/C17H15F3N6/c18-17(19,20)14-6-9-26(23-14)12-4-3-7-24(11-12)16-13(10-21)25-8-2-1-5-15(25)22-16/h1-2,5-6,8-9,12H,3-4,7,11H2. The Bertz CT molecular complexity index is 980. The molecule has 3 aromatic rings. The Morgan fingerprint density at radius 2 is 2.04 bits per heavy atom. The molecule has 0 aromatic carbocycles. The normalized spacial score (nSPS) is 18.2. The number of hydrogen-bond acceptors (Lipinski definition) is 4. The largest absolute Gasteiger partial charge is 0.435 e. The van der Waals surface area contributed by atoms with Crippen molar-refractivity contribution >= 4 is 11.5 Å². The summed E-state index contributed by atoms with van der Waals surface area (Å²) < 4.78 is 41.5. The smallest absolute Gasteiger partial charge is 0.352 e. The van der Waals surface area contributed by atoms with Gasteiger partial charge >= 0.3 is 6.18 Å². The van der Waals surface area contributed by atoms with Crippen LogP contribution in [0.5, 0.6) is 0 Å². The Hall–Kier alpha value is -3.02. The molecule has 1 fully saturated rings. The first-order valence-electron chi connectivity index (χ1n) is 8.22. The van der Waals surface area contributed by atoms with Gasteiger partial charge in [0.2, 0.25) is 0 Å². The van der Waals surface area contributed by atoms with E-state index >= 15 is 0 Å². The van der Waals surface area contributed by atoms with Gasteiger partial charge in [-0.15, -0.1) is 0 Å². The summed E-state index contributed by atoms with van der Waals surface area (Å²) in [5.74, 6) is 0.562. The fourth-order valence-electron chi connectivity index (χ4n) is 3.36. The van der Waals surface area contributed by atoms with Crippen molar-refractivity contribution in [2.75, 3.05) is 18.0 Å². The molecule has 26 heavy (non-hydrogen) atoms. The van der Waals surface area contributed by atoms with Crippen LogP contribution in [0.3, 0.4) is 0 Å². The molecule has 1 atom stereocenters. The summed E-state index contributed by atoms with van der Waals surface area (Å²) in [6.45, 7) is 1.15. The number of halogens is 3. The number of nitrogens with zero attached hydrogens (tertiary/aromatic N) is 6. The summed E-state index contributed by atoms with van der Waals surface area (Å²) in [7, 11) is 0. The van der Waals surface area contributed by atoms with E-state index < -0.39 is 11.9 Å². The summed E-state index contributed by atoms with van der Waals surface area (Å²) in [5, 5.41) is 13.2. The number of rotatable bonds is 2. The van der Waals surface area contributed by atoms with Crippen molar-refractivity contribution in [3.8, 4) is 6.07 Å². The molecule has 4 heterocycles. The molecule has 0 amide bonds. The molecule has 1 unspecified atom stereocenters. The molecule has 0 bridgehead atoms. The van der Waals surface area contributed by atoms with Gasteiger partial charge in [-0.3, -0.25) is 9.08 Å². The molecule has 0 aliphatic carbocycles. The Labute approximate surface area is 147 Å². The highest BCUT2D eigenvalue weighted by Gasteiger charge is 2.35. The lowest BCUT2D eigenvalue weighted by atomic mass is 10.1. The van der Waals surface area contributed by atoms with Gasteiger partial charge in [0.25, 0.3) is 0 Å². The lowest BCUT2D eigenvalue weighted by molar-refractivity contribution is -0.141.